The Morgan fingerprint density at radius 2 is 1.50 bits per heavy atom. The normalized spacial score (nSPS) is 49.2. The van der Waals surface area contributed by atoms with Gasteiger partial charge in [-0.25, -0.2) is 0 Å². The number of hydrogen-bond donors (Lipinski definition) is 5. The lowest BCUT2D eigenvalue weighted by molar-refractivity contribution is -0.286. The zero-order valence-corrected chi connectivity index (χ0v) is 6.24. The second kappa shape index (κ2) is 3.65. The highest BCUT2D eigenvalue weighted by atomic mass is 16.8. The van der Waals surface area contributed by atoms with Crippen LogP contribution in [0.3, 0.4) is 0 Å². The van der Waals surface area contributed by atoms with E-state index >= 15 is 0 Å². The Bertz CT molecular complexity index is 146. The van der Waals surface area contributed by atoms with E-state index in [9.17, 15) is 0 Å². The van der Waals surface area contributed by atoms with Crippen molar-refractivity contribution in [3.8, 4) is 0 Å². The van der Waals surface area contributed by atoms with Gasteiger partial charge in [0.05, 0.1) is 6.61 Å². The van der Waals surface area contributed by atoms with Gasteiger partial charge in [-0.2, -0.15) is 0 Å². The molecule has 0 aliphatic carbocycles. The van der Waals surface area contributed by atoms with E-state index in [0.717, 1.165) is 0 Å². The first-order valence-corrected chi connectivity index (χ1v) is 3.56. The minimum atomic E-state index is -1.57. The Hall–Kier alpha value is -0.240. The Labute approximate surface area is 68.6 Å². The summed E-state index contributed by atoms with van der Waals surface area (Å²) in [5, 5.41) is 44.7. The molecule has 0 spiro atoms. The van der Waals surface area contributed by atoms with Gasteiger partial charge >= 0.3 is 0 Å². The van der Waals surface area contributed by atoms with Gasteiger partial charge in [-0.15, -0.1) is 0 Å². The fourth-order valence-electron chi connectivity index (χ4n) is 1.08. The Kier molecular flexibility index (Phi) is 2.99. The summed E-state index contributed by atoms with van der Waals surface area (Å²) in [5.41, 5.74) is 0. The van der Waals surface area contributed by atoms with Crippen molar-refractivity contribution in [2.24, 2.45) is 0 Å². The molecule has 0 amide bonds. The lowest BCUT2D eigenvalue weighted by Gasteiger charge is -2.37. The molecule has 1 aliphatic heterocycles. The van der Waals surface area contributed by atoms with Gasteiger partial charge in [0.25, 0.3) is 0 Å². The van der Waals surface area contributed by atoms with Crippen molar-refractivity contribution in [2.75, 3.05) is 6.61 Å². The molecule has 1 rings (SSSR count). The maximum Gasteiger partial charge on any atom is 0.184 e. The summed E-state index contributed by atoms with van der Waals surface area (Å²) in [5.74, 6) is 0. The fraction of sp³-hybridized carbons (Fsp3) is 1.00. The second-order valence-corrected chi connectivity index (χ2v) is 2.72. The third kappa shape index (κ3) is 1.58. The highest BCUT2D eigenvalue weighted by molar-refractivity contribution is 4.87. The first-order valence-electron chi connectivity index (χ1n) is 3.56. The van der Waals surface area contributed by atoms with Crippen LogP contribution in [0.25, 0.3) is 0 Å². The first kappa shape index (κ1) is 9.85. The van der Waals surface area contributed by atoms with E-state index in [1.165, 1.54) is 0 Å². The SMILES string of the molecule is OC[C@H]1O[13CH](O)[13C@@H](O)[13C@@H](O)[C@@H]1O. The molecule has 6 heteroatoms. The van der Waals surface area contributed by atoms with E-state index in [2.05, 4.69) is 4.74 Å². The standard InChI is InChI=1S/C6H12O6/c7-1-2-3(8)4(9)5(10)6(11)12-2/h2-11H,1H2/t2-,3-,4+,5+,6?/m1/s1/i4+1,5+1,6+1. The zero-order chi connectivity index (χ0) is 9.30. The predicted molar refractivity (Wildman–Crippen MR) is 36.0 cm³/mol. The van der Waals surface area contributed by atoms with Crippen molar-refractivity contribution in [1.29, 1.82) is 0 Å². The van der Waals surface area contributed by atoms with Crippen molar-refractivity contribution in [3.63, 3.8) is 0 Å². The molecule has 0 bridgehead atoms. The topological polar surface area (TPSA) is 110 Å². The monoisotopic (exact) mass is 183 g/mol. The average molecular weight is 183 g/mol. The van der Waals surface area contributed by atoms with E-state index in [1.54, 1.807) is 0 Å². The molecule has 1 saturated heterocycles. The molecule has 0 radical (unpaired) electrons. The molecule has 1 unspecified atom stereocenters. The summed E-state index contributed by atoms with van der Waals surface area (Å²) in [7, 11) is 0. The van der Waals surface area contributed by atoms with Crippen LogP contribution >= 0.6 is 0 Å². The third-order valence-electron chi connectivity index (χ3n) is 1.87. The van der Waals surface area contributed by atoms with Crippen LogP contribution in [0.15, 0.2) is 0 Å². The molecular weight excluding hydrogens is 171 g/mol. The van der Waals surface area contributed by atoms with Crippen molar-refractivity contribution in [1.82, 2.24) is 0 Å². The van der Waals surface area contributed by atoms with Crippen LogP contribution in [0.5, 0.6) is 0 Å². The molecule has 0 aromatic rings. The van der Waals surface area contributed by atoms with Crippen LogP contribution < -0.4 is 0 Å². The van der Waals surface area contributed by atoms with Gasteiger partial charge in [-0.1, -0.05) is 0 Å². The van der Waals surface area contributed by atoms with Crippen LogP contribution in [-0.2, 0) is 4.74 Å². The van der Waals surface area contributed by atoms with E-state index < -0.39 is 37.3 Å². The molecule has 72 valence electrons. The largest absolute Gasteiger partial charge is 0.394 e. The first-order chi connectivity index (χ1) is 5.57. The molecule has 12 heavy (non-hydrogen) atoms. The van der Waals surface area contributed by atoms with Crippen molar-refractivity contribution >= 4 is 0 Å². The third-order valence-corrected chi connectivity index (χ3v) is 1.87. The van der Waals surface area contributed by atoms with Gasteiger partial charge in [-0.05, 0) is 0 Å². The quantitative estimate of drug-likeness (QED) is 0.273. The minimum absolute atomic E-state index is 0.526. The smallest absolute Gasteiger partial charge is 0.184 e. The van der Waals surface area contributed by atoms with Crippen molar-refractivity contribution in [2.45, 2.75) is 30.7 Å². The summed E-state index contributed by atoms with van der Waals surface area (Å²) in [6.45, 7) is -0.526. The van der Waals surface area contributed by atoms with Crippen LogP contribution in [0, 0.1) is 0 Å². The fourth-order valence-corrected chi connectivity index (χ4v) is 1.08. The van der Waals surface area contributed by atoms with Crippen LogP contribution in [-0.4, -0.2) is 62.8 Å². The molecule has 6 nitrogen and oxygen atoms in total. The Balaban J connectivity index is 2.63. The van der Waals surface area contributed by atoms with Crippen molar-refractivity contribution < 1.29 is 30.3 Å². The average Bonchev–Trinajstić information content (AvgIpc) is 2.08. The molecule has 5 N–H and O–H groups in total. The lowest BCUT2D eigenvalue weighted by atomic mass is 10.3. The molecule has 1 aliphatic rings. The number of rotatable bonds is 1. The highest BCUT2D eigenvalue weighted by Crippen LogP contribution is 2.18. The maximum atomic E-state index is 9.12. The van der Waals surface area contributed by atoms with E-state index in [0.29, 0.717) is 0 Å². The maximum absolute atomic E-state index is 9.12. The molecule has 5 atom stereocenters. The number of aliphatic hydroxyl groups excluding tert-OH is 5. The molecule has 1 fully saturated rings. The van der Waals surface area contributed by atoms with Crippen molar-refractivity contribution in [3.05, 3.63) is 0 Å². The van der Waals surface area contributed by atoms with Gasteiger partial charge in [-0.3, -0.25) is 0 Å². The summed E-state index contributed by atoms with van der Waals surface area (Å²) in [6, 6.07) is 0. The summed E-state index contributed by atoms with van der Waals surface area (Å²) in [4.78, 5) is 0. The van der Waals surface area contributed by atoms with Gasteiger partial charge in [0.1, 0.15) is 24.4 Å². The van der Waals surface area contributed by atoms with Crippen LogP contribution in [0.1, 0.15) is 0 Å². The van der Waals surface area contributed by atoms with Crippen LogP contribution in [0.4, 0.5) is 0 Å². The van der Waals surface area contributed by atoms with E-state index in [4.69, 9.17) is 25.5 Å². The molecular formula is C6H12O6. The molecule has 0 saturated carbocycles. The minimum Gasteiger partial charge on any atom is -0.394 e. The summed E-state index contributed by atoms with van der Waals surface area (Å²) in [6.07, 6.45) is -7.04. The highest BCUT2D eigenvalue weighted by Gasteiger charge is 2.42. The lowest BCUT2D eigenvalue weighted by Crippen LogP contribution is -2.58. The Morgan fingerprint density at radius 1 is 0.917 bits per heavy atom. The Morgan fingerprint density at radius 3 is 2.00 bits per heavy atom. The molecule has 0 aromatic heterocycles. The van der Waals surface area contributed by atoms with E-state index in [1.807, 2.05) is 0 Å². The number of hydrogen-bond acceptors (Lipinski definition) is 6. The zero-order valence-electron chi connectivity index (χ0n) is 6.24. The van der Waals surface area contributed by atoms with Crippen LogP contribution in [0.2, 0.25) is 0 Å². The summed E-state index contributed by atoms with van der Waals surface area (Å²) < 4.78 is 4.58. The number of aliphatic hydroxyl groups is 5. The second-order valence-electron chi connectivity index (χ2n) is 2.72. The van der Waals surface area contributed by atoms with Gasteiger partial charge in [0.2, 0.25) is 0 Å². The van der Waals surface area contributed by atoms with Gasteiger partial charge < -0.3 is 30.3 Å². The predicted octanol–water partition coefficient (Wildman–Crippen LogP) is -3.22. The number of ether oxygens (including phenoxy) is 1. The molecule has 0 aromatic carbocycles. The summed E-state index contributed by atoms with van der Waals surface area (Å²) >= 11 is 0. The van der Waals surface area contributed by atoms with Gasteiger partial charge in [0.15, 0.2) is 6.29 Å². The molecule has 1 heterocycles. The van der Waals surface area contributed by atoms with E-state index in [-0.39, 0.29) is 0 Å². The van der Waals surface area contributed by atoms with Gasteiger partial charge in [0, 0.05) is 0 Å².